The molecule has 112 valence electrons. The number of halogens is 3. The number of rotatable bonds is 5. The molecule has 0 radical (unpaired) electrons. The second kappa shape index (κ2) is 5.60. The lowest BCUT2D eigenvalue weighted by Crippen LogP contribution is -2.28. The van der Waals surface area contributed by atoms with Gasteiger partial charge in [0.2, 0.25) is 5.91 Å². The average Bonchev–Trinajstić information content (AvgIpc) is 3.23. The molecule has 0 atom stereocenters. The molecule has 2 aromatic rings. The number of amides is 1. The minimum atomic E-state index is -0.711. The summed E-state index contributed by atoms with van der Waals surface area (Å²) in [4.78, 5) is 15.7. The summed E-state index contributed by atoms with van der Waals surface area (Å²) < 4.78 is 28.7. The van der Waals surface area contributed by atoms with E-state index in [2.05, 4.69) is 10.3 Å². The maximum absolute atomic E-state index is 13.7. The standard InChI is InChI=1S/C14H14ClF2N3O/c15-7-12-19-13-10(17)5-9(16)6-11(13)20(12)4-3-18-14(21)8-1-2-8/h5-6,8H,1-4,7H2,(H,18,21). The van der Waals surface area contributed by atoms with Crippen molar-refractivity contribution in [3.05, 3.63) is 29.6 Å². The number of alkyl halides is 1. The van der Waals surface area contributed by atoms with Crippen molar-refractivity contribution in [1.82, 2.24) is 14.9 Å². The van der Waals surface area contributed by atoms with Crippen LogP contribution in [-0.2, 0) is 17.2 Å². The third-order valence-electron chi connectivity index (χ3n) is 3.55. The van der Waals surface area contributed by atoms with Crippen molar-refractivity contribution in [2.45, 2.75) is 25.3 Å². The number of fused-ring (bicyclic) bond motifs is 1. The van der Waals surface area contributed by atoms with Crippen LogP contribution in [0.2, 0.25) is 0 Å². The summed E-state index contributed by atoms with van der Waals surface area (Å²) in [5.74, 6) is -0.666. The third kappa shape index (κ3) is 2.85. The molecule has 1 N–H and O–H groups in total. The molecule has 3 rings (SSSR count). The molecule has 7 heteroatoms. The number of nitrogens with zero attached hydrogens (tertiary/aromatic N) is 2. The van der Waals surface area contributed by atoms with E-state index < -0.39 is 11.6 Å². The van der Waals surface area contributed by atoms with Crippen LogP contribution in [0.4, 0.5) is 8.78 Å². The molecule has 1 aromatic heterocycles. The Hall–Kier alpha value is -1.69. The first kappa shape index (κ1) is 14.3. The summed E-state index contributed by atoms with van der Waals surface area (Å²) in [6.07, 6.45) is 1.87. The molecular weight excluding hydrogens is 300 g/mol. The fraction of sp³-hybridized carbons (Fsp3) is 0.429. The maximum atomic E-state index is 13.7. The molecule has 1 aliphatic rings. The molecule has 0 unspecified atom stereocenters. The van der Waals surface area contributed by atoms with Crippen LogP contribution >= 0.6 is 11.6 Å². The summed E-state index contributed by atoms with van der Waals surface area (Å²) in [6.45, 7) is 0.753. The Morgan fingerprint density at radius 1 is 1.43 bits per heavy atom. The van der Waals surface area contributed by atoms with Gasteiger partial charge in [-0.05, 0) is 18.9 Å². The van der Waals surface area contributed by atoms with Crippen LogP contribution in [0.15, 0.2) is 12.1 Å². The highest BCUT2D eigenvalue weighted by atomic mass is 35.5. The fourth-order valence-corrected chi connectivity index (χ4v) is 2.53. The molecule has 21 heavy (non-hydrogen) atoms. The Bertz CT molecular complexity index is 697. The minimum absolute atomic E-state index is 0.0317. The van der Waals surface area contributed by atoms with Gasteiger partial charge in [0.05, 0.1) is 11.4 Å². The van der Waals surface area contributed by atoms with Crippen LogP contribution in [0.25, 0.3) is 11.0 Å². The van der Waals surface area contributed by atoms with E-state index in [9.17, 15) is 13.6 Å². The Labute approximate surface area is 125 Å². The second-order valence-corrected chi connectivity index (χ2v) is 5.40. The zero-order valence-electron chi connectivity index (χ0n) is 11.2. The molecule has 0 spiro atoms. The number of hydrogen-bond donors (Lipinski definition) is 1. The van der Waals surface area contributed by atoms with Gasteiger partial charge in [0.15, 0.2) is 5.82 Å². The monoisotopic (exact) mass is 313 g/mol. The van der Waals surface area contributed by atoms with E-state index in [1.54, 1.807) is 4.57 Å². The van der Waals surface area contributed by atoms with Crippen molar-refractivity contribution < 1.29 is 13.6 Å². The van der Waals surface area contributed by atoms with Gasteiger partial charge in [0.1, 0.15) is 17.2 Å². The number of nitrogens with one attached hydrogen (secondary N) is 1. The number of carbonyl (C=O) groups excluding carboxylic acids is 1. The maximum Gasteiger partial charge on any atom is 0.223 e. The molecule has 4 nitrogen and oxygen atoms in total. The van der Waals surface area contributed by atoms with Crippen molar-refractivity contribution in [2.24, 2.45) is 5.92 Å². The third-order valence-corrected chi connectivity index (χ3v) is 3.79. The largest absolute Gasteiger partial charge is 0.354 e. The summed E-state index contributed by atoms with van der Waals surface area (Å²) >= 11 is 5.81. The van der Waals surface area contributed by atoms with Crippen LogP contribution in [0, 0.1) is 17.6 Å². The highest BCUT2D eigenvalue weighted by Gasteiger charge is 2.29. The molecule has 1 saturated carbocycles. The Kier molecular flexibility index (Phi) is 3.80. The van der Waals surface area contributed by atoms with Crippen molar-refractivity contribution in [2.75, 3.05) is 6.54 Å². The van der Waals surface area contributed by atoms with E-state index in [1.807, 2.05) is 0 Å². The lowest BCUT2D eigenvalue weighted by molar-refractivity contribution is -0.122. The molecule has 1 fully saturated rings. The molecular formula is C14H14ClF2N3O. The second-order valence-electron chi connectivity index (χ2n) is 5.13. The van der Waals surface area contributed by atoms with Crippen LogP contribution in [0.1, 0.15) is 18.7 Å². The molecule has 0 bridgehead atoms. The van der Waals surface area contributed by atoms with Crippen molar-refractivity contribution in [3.63, 3.8) is 0 Å². The van der Waals surface area contributed by atoms with Crippen molar-refractivity contribution in [1.29, 1.82) is 0 Å². The van der Waals surface area contributed by atoms with Gasteiger partial charge in [-0.2, -0.15) is 0 Å². The Morgan fingerprint density at radius 3 is 2.86 bits per heavy atom. The first-order valence-electron chi connectivity index (χ1n) is 6.78. The SMILES string of the molecule is O=C(NCCn1c(CCl)nc2c(F)cc(F)cc21)C1CC1. The highest BCUT2D eigenvalue weighted by molar-refractivity contribution is 6.16. The van der Waals surface area contributed by atoms with E-state index >= 15 is 0 Å². The zero-order valence-corrected chi connectivity index (χ0v) is 12.0. The minimum Gasteiger partial charge on any atom is -0.354 e. The van der Waals surface area contributed by atoms with E-state index in [-0.39, 0.29) is 23.2 Å². The van der Waals surface area contributed by atoms with Crippen molar-refractivity contribution in [3.8, 4) is 0 Å². The summed E-state index contributed by atoms with van der Waals surface area (Å²) in [6, 6.07) is 2.02. The smallest absolute Gasteiger partial charge is 0.223 e. The van der Waals surface area contributed by atoms with Gasteiger partial charge in [-0.25, -0.2) is 13.8 Å². The number of carbonyl (C=O) groups is 1. The first-order chi connectivity index (χ1) is 10.1. The number of aromatic nitrogens is 2. The first-order valence-corrected chi connectivity index (χ1v) is 7.31. The molecule has 0 aliphatic heterocycles. The molecule has 1 aromatic carbocycles. The molecule has 1 aliphatic carbocycles. The number of benzene rings is 1. The lowest BCUT2D eigenvalue weighted by atomic mass is 10.3. The summed E-state index contributed by atoms with van der Waals surface area (Å²) in [5, 5.41) is 2.81. The van der Waals surface area contributed by atoms with Gasteiger partial charge in [-0.3, -0.25) is 4.79 Å². The number of hydrogen-bond acceptors (Lipinski definition) is 2. The van der Waals surface area contributed by atoms with E-state index in [1.165, 1.54) is 6.07 Å². The predicted molar refractivity (Wildman–Crippen MR) is 74.9 cm³/mol. The summed E-state index contributed by atoms with van der Waals surface area (Å²) in [7, 11) is 0. The van der Waals surface area contributed by atoms with Gasteiger partial charge < -0.3 is 9.88 Å². The zero-order chi connectivity index (χ0) is 15.0. The Morgan fingerprint density at radius 2 is 2.19 bits per heavy atom. The van der Waals surface area contributed by atoms with E-state index in [0.717, 1.165) is 18.9 Å². The normalized spacial score (nSPS) is 14.6. The van der Waals surface area contributed by atoms with E-state index in [4.69, 9.17) is 11.6 Å². The highest BCUT2D eigenvalue weighted by Crippen LogP contribution is 2.28. The summed E-state index contributed by atoms with van der Waals surface area (Å²) in [5.41, 5.74) is 0.449. The topological polar surface area (TPSA) is 46.9 Å². The fourth-order valence-electron chi connectivity index (χ4n) is 2.33. The Balaban J connectivity index is 1.83. The molecule has 0 saturated heterocycles. The van der Waals surface area contributed by atoms with Gasteiger partial charge in [0.25, 0.3) is 0 Å². The van der Waals surface area contributed by atoms with Gasteiger partial charge in [-0.15, -0.1) is 11.6 Å². The average molecular weight is 314 g/mol. The van der Waals surface area contributed by atoms with Gasteiger partial charge in [0, 0.05) is 25.1 Å². The van der Waals surface area contributed by atoms with Gasteiger partial charge >= 0.3 is 0 Å². The quantitative estimate of drug-likeness (QED) is 0.862. The predicted octanol–water partition coefficient (Wildman–Crippen LogP) is 2.58. The van der Waals surface area contributed by atoms with Gasteiger partial charge in [-0.1, -0.05) is 0 Å². The lowest BCUT2D eigenvalue weighted by Gasteiger charge is -2.09. The molecule has 1 amide bonds. The van der Waals surface area contributed by atoms with Crippen LogP contribution in [-0.4, -0.2) is 22.0 Å². The van der Waals surface area contributed by atoms with Crippen LogP contribution in [0.5, 0.6) is 0 Å². The number of imidazole rings is 1. The van der Waals surface area contributed by atoms with Crippen LogP contribution in [0.3, 0.4) is 0 Å². The molecule has 1 heterocycles. The van der Waals surface area contributed by atoms with E-state index in [0.29, 0.717) is 24.4 Å². The van der Waals surface area contributed by atoms with Crippen LogP contribution < -0.4 is 5.32 Å². The van der Waals surface area contributed by atoms with Crippen molar-refractivity contribution >= 4 is 28.5 Å².